The molecule has 1 unspecified atom stereocenters. The van der Waals surface area contributed by atoms with Gasteiger partial charge < -0.3 is 10.6 Å². The molecule has 2 fully saturated rings. The number of piperidine rings is 1. The second-order valence-electron chi connectivity index (χ2n) is 7.41. The predicted molar refractivity (Wildman–Crippen MR) is 101 cm³/mol. The molecule has 2 aliphatic heterocycles. The summed E-state index contributed by atoms with van der Waals surface area (Å²) in [5.74, 6) is 0.120. The molecule has 6 nitrogen and oxygen atoms in total. The molecule has 1 aromatic heterocycles. The van der Waals surface area contributed by atoms with Gasteiger partial charge >= 0.3 is 0 Å². The Kier molecular flexibility index (Phi) is 5.04. The lowest BCUT2D eigenvalue weighted by Crippen LogP contribution is -2.56. The summed E-state index contributed by atoms with van der Waals surface area (Å²) >= 11 is 0. The topological polar surface area (TPSA) is 62.2 Å². The van der Waals surface area contributed by atoms with Crippen molar-refractivity contribution in [3.63, 3.8) is 0 Å². The Morgan fingerprint density at radius 2 is 2.04 bits per heavy atom. The minimum absolute atomic E-state index is 0.120. The van der Waals surface area contributed by atoms with E-state index in [0.29, 0.717) is 0 Å². The standard InChI is InChI=1S/C20H27N5O/c26-19(20(8-11-21-12-9-20)25-13-4-10-22-25)23-18-7-14-24(16-18)15-17-5-2-1-3-6-17/h1-6,10,13,18,21H,7-9,11-12,14-16H2,(H,23,26). The molecular weight excluding hydrogens is 326 g/mol. The molecule has 3 heterocycles. The Hall–Kier alpha value is -2.18. The van der Waals surface area contributed by atoms with E-state index in [0.717, 1.165) is 52.0 Å². The maximum atomic E-state index is 13.2. The second kappa shape index (κ2) is 7.60. The zero-order chi connectivity index (χ0) is 17.8. The molecule has 0 saturated carbocycles. The fourth-order valence-corrected chi connectivity index (χ4v) is 4.18. The van der Waals surface area contributed by atoms with Gasteiger partial charge in [-0.3, -0.25) is 14.4 Å². The molecule has 26 heavy (non-hydrogen) atoms. The Labute approximate surface area is 154 Å². The van der Waals surface area contributed by atoms with Gasteiger partial charge in [0.15, 0.2) is 0 Å². The molecular formula is C20H27N5O. The minimum Gasteiger partial charge on any atom is -0.350 e. The Morgan fingerprint density at radius 3 is 2.77 bits per heavy atom. The zero-order valence-corrected chi connectivity index (χ0v) is 15.1. The van der Waals surface area contributed by atoms with Gasteiger partial charge in [0, 0.05) is 38.1 Å². The van der Waals surface area contributed by atoms with Gasteiger partial charge in [-0.2, -0.15) is 5.10 Å². The molecule has 2 N–H and O–H groups in total. The van der Waals surface area contributed by atoms with E-state index in [1.54, 1.807) is 6.20 Å². The van der Waals surface area contributed by atoms with Crippen molar-refractivity contribution in [1.82, 2.24) is 25.3 Å². The van der Waals surface area contributed by atoms with Gasteiger partial charge in [-0.1, -0.05) is 30.3 Å². The van der Waals surface area contributed by atoms with E-state index in [2.05, 4.69) is 44.9 Å². The molecule has 4 rings (SSSR count). The molecule has 1 aromatic carbocycles. The van der Waals surface area contributed by atoms with E-state index in [-0.39, 0.29) is 11.9 Å². The third-order valence-corrected chi connectivity index (χ3v) is 5.65. The number of nitrogens with one attached hydrogen (secondary N) is 2. The summed E-state index contributed by atoms with van der Waals surface area (Å²) in [7, 11) is 0. The molecule has 0 spiro atoms. The third kappa shape index (κ3) is 3.52. The minimum atomic E-state index is -0.554. The number of carbonyl (C=O) groups is 1. The van der Waals surface area contributed by atoms with Crippen LogP contribution >= 0.6 is 0 Å². The van der Waals surface area contributed by atoms with Crippen molar-refractivity contribution in [1.29, 1.82) is 0 Å². The Morgan fingerprint density at radius 1 is 1.23 bits per heavy atom. The summed E-state index contributed by atoms with van der Waals surface area (Å²) in [4.78, 5) is 15.6. The Bertz CT molecular complexity index is 709. The molecule has 2 aromatic rings. The predicted octanol–water partition coefficient (Wildman–Crippen LogP) is 1.35. The number of benzene rings is 1. The van der Waals surface area contributed by atoms with Crippen molar-refractivity contribution in [3.8, 4) is 0 Å². The smallest absolute Gasteiger partial charge is 0.248 e. The van der Waals surface area contributed by atoms with Crippen LogP contribution in [0.3, 0.4) is 0 Å². The molecule has 1 atom stereocenters. The number of amides is 1. The van der Waals surface area contributed by atoms with E-state index < -0.39 is 5.54 Å². The average Bonchev–Trinajstić information content (AvgIpc) is 3.36. The van der Waals surface area contributed by atoms with Gasteiger partial charge in [-0.05, 0) is 44.0 Å². The second-order valence-corrected chi connectivity index (χ2v) is 7.41. The number of likely N-dealkylation sites (tertiary alicyclic amines) is 1. The summed E-state index contributed by atoms with van der Waals surface area (Å²) < 4.78 is 1.86. The van der Waals surface area contributed by atoms with Gasteiger partial charge in [-0.15, -0.1) is 0 Å². The lowest BCUT2D eigenvalue weighted by Gasteiger charge is -2.37. The van der Waals surface area contributed by atoms with Crippen LogP contribution < -0.4 is 10.6 Å². The van der Waals surface area contributed by atoms with Crippen molar-refractivity contribution < 1.29 is 4.79 Å². The van der Waals surface area contributed by atoms with E-state index >= 15 is 0 Å². The molecule has 1 amide bonds. The first-order chi connectivity index (χ1) is 12.8. The highest BCUT2D eigenvalue weighted by molar-refractivity contribution is 5.84. The van der Waals surface area contributed by atoms with Crippen LogP contribution in [0, 0.1) is 0 Å². The SMILES string of the molecule is O=C(NC1CCN(Cc2ccccc2)C1)C1(n2cccn2)CCNCC1. The van der Waals surface area contributed by atoms with Crippen molar-refractivity contribution in [3.05, 3.63) is 54.4 Å². The number of aromatic nitrogens is 2. The summed E-state index contributed by atoms with van der Waals surface area (Å²) in [6.07, 6.45) is 6.24. The number of hydrogen-bond acceptors (Lipinski definition) is 4. The molecule has 0 radical (unpaired) electrons. The van der Waals surface area contributed by atoms with Crippen molar-refractivity contribution >= 4 is 5.91 Å². The molecule has 6 heteroatoms. The quantitative estimate of drug-likeness (QED) is 0.852. The fraction of sp³-hybridized carbons (Fsp3) is 0.500. The average molecular weight is 353 g/mol. The van der Waals surface area contributed by atoms with Crippen LogP contribution in [0.25, 0.3) is 0 Å². The molecule has 0 bridgehead atoms. The van der Waals surface area contributed by atoms with Crippen molar-refractivity contribution in [2.45, 2.75) is 37.4 Å². The van der Waals surface area contributed by atoms with Gasteiger partial charge in [0.25, 0.3) is 0 Å². The lowest BCUT2D eigenvalue weighted by molar-refractivity contribution is -0.132. The fourth-order valence-electron chi connectivity index (χ4n) is 4.18. The van der Waals surface area contributed by atoms with Crippen LogP contribution in [-0.4, -0.2) is 52.8 Å². The highest BCUT2D eigenvalue weighted by atomic mass is 16.2. The van der Waals surface area contributed by atoms with Crippen LogP contribution in [0.5, 0.6) is 0 Å². The number of carbonyl (C=O) groups excluding carboxylic acids is 1. The van der Waals surface area contributed by atoms with Gasteiger partial charge in [0.2, 0.25) is 5.91 Å². The summed E-state index contributed by atoms with van der Waals surface area (Å²) in [5, 5.41) is 11.1. The van der Waals surface area contributed by atoms with Crippen LogP contribution in [0.4, 0.5) is 0 Å². The monoisotopic (exact) mass is 353 g/mol. The van der Waals surface area contributed by atoms with Crippen LogP contribution in [0.1, 0.15) is 24.8 Å². The van der Waals surface area contributed by atoms with Crippen LogP contribution in [-0.2, 0) is 16.9 Å². The van der Waals surface area contributed by atoms with E-state index in [4.69, 9.17) is 0 Å². The number of hydrogen-bond donors (Lipinski definition) is 2. The van der Waals surface area contributed by atoms with E-state index in [1.165, 1.54) is 5.56 Å². The number of rotatable bonds is 5. The van der Waals surface area contributed by atoms with Crippen molar-refractivity contribution in [2.75, 3.05) is 26.2 Å². The highest BCUT2D eigenvalue weighted by Gasteiger charge is 2.43. The summed E-state index contributed by atoms with van der Waals surface area (Å²) in [6.45, 7) is 4.57. The first-order valence-corrected chi connectivity index (χ1v) is 9.54. The normalized spacial score (nSPS) is 23.0. The van der Waals surface area contributed by atoms with E-state index in [9.17, 15) is 4.79 Å². The summed E-state index contributed by atoms with van der Waals surface area (Å²) in [6, 6.07) is 12.6. The van der Waals surface area contributed by atoms with Gasteiger partial charge in [0.05, 0.1) is 0 Å². The zero-order valence-electron chi connectivity index (χ0n) is 15.1. The molecule has 2 saturated heterocycles. The van der Waals surface area contributed by atoms with Gasteiger partial charge in [-0.25, -0.2) is 0 Å². The third-order valence-electron chi connectivity index (χ3n) is 5.65. The first kappa shape index (κ1) is 17.2. The first-order valence-electron chi connectivity index (χ1n) is 9.54. The Balaban J connectivity index is 1.39. The summed E-state index contributed by atoms with van der Waals surface area (Å²) in [5.41, 5.74) is 0.771. The number of nitrogens with zero attached hydrogens (tertiary/aromatic N) is 3. The largest absolute Gasteiger partial charge is 0.350 e. The molecule has 0 aliphatic carbocycles. The maximum Gasteiger partial charge on any atom is 0.248 e. The van der Waals surface area contributed by atoms with Crippen LogP contribution in [0.2, 0.25) is 0 Å². The van der Waals surface area contributed by atoms with Crippen LogP contribution in [0.15, 0.2) is 48.8 Å². The van der Waals surface area contributed by atoms with Crippen molar-refractivity contribution in [2.24, 2.45) is 0 Å². The maximum absolute atomic E-state index is 13.2. The van der Waals surface area contributed by atoms with E-state index in [1.807, 2.05) is 23.0 Å². The van der Waals surface area contributed by atoms with Gasteiger partial charge in [0.1, 0.15) is 5.54 Å². The lowest BCUT2D eigenvalue weighted by atomic mass is 9.87. The molecule has 138 valence electrons. The molecule has 2 aliphatic rings. The highest BCUT2D eigenvalue weighted by Crippen LogP contribution is 2.28.